The lowest BCUT2D eigenvalue weighted by molar-refractivity contribution is 0.548. The van der Waals surface area contributed by atoms with E-state index in [4.69, 9.17) is 0 Å². The van der Waals surface area contributed by atoms with Crippen molar-refractivity contribution < 1.29 is 0 Å². The molecule has 0 N–H and O–H groups in total. The molecule has 0 nitrogen and oxygen atoms in total. The van der Waals surface area contributed by atoms with Crippen molar-refractivity contribution in [2.24, 2.45) is 0 Å². The molecule has 0 spiro atoms. The molecule has 0 aliphatic heterocycles. The summed E-state index contributed by atoms with van der Waals surface area (Å²) in [5.74, 6) is 0. The van der Waals surface area contributed by atoms with Crippen molar-refractivity contribution in [2.45, 2.75) is 116 Å². The molecule has 2 aliphatic carbocycles. The maximum Gasteiger partial charge on any atom is -0.0276 e. The summed E-state index contributed by atoms with van der Waals surface area (Å²) < 4.78 is 0. The number of allylic oxidation sites excluding steroid dienone is 6. The van der Waals surface area contributed by atoms with Gasteiger partial charge in [-0.1, -0.05) is 88.5 Å². The fourth-order valence-electron chi connectivity index (χ4n) is 4.11. The summed E-state index contributed by atoms with van der Waals surface area (Å²) in [4.78, 5) is 0. The van der Waals surface area contributed by atoms with Crippen LogP contribution in [-0.4, -0.2) is 0 Å². The van der Waals surface area contributed by atoms with E-state index in [1.54, 1.807) is 11.1 Å². The highest BCUT2D eigenvalue weighted by atomic mass is 14.1. The Bertz CT molecular complexity index is 396. The normalized spacial score (nSPS) is 25.0. The Labute approximate surface area is 151 Å². The molecule has 0 fully saturated rings. The van der Waals surface area contributed by atoms with E-state index in [0.29, 0.717) is 0 Å². The molecule has 0 saturated heterocycles. The van der Waals surface area contributed by atoms with Crippen molar-refractivity contribution in [1.29, 1.82) is 0 Å². The van der Waals surface area contributed by atoms with E-state index in [1.165, 1.54) is 116 Å². The molecular formula is C24H40. The molecule has 0 radical (unpaired) electrons. The molecule has 0 aromatic rings. The van der Waals surface area contributed by atoms with Gasteiger partial charge in [-0.25, -0.2) is 0 Å². The summed E-state index contributed by atoms with van der Waals surface area (Å²) in [5.41, 5.74) is 3.34. The molecule has 0 heteroatoms. The van der Waals surface area contributed by atoms with Crippen molar-refractivity contribution in [2.75, 3.05) is 0 Å². The third-order valence-corrected chi connectivity index (χ3v) is 5.70. The largest absolute Gasteiger partial charge is 0.0845 e. The van der Waals surface area contributed by atoms with Crippen molar-refractivity contribution in [1.82, 2.24) is 0 Å². The quantitative estimate of drug-likeness (QED) is 0.453. The van der Waals surface area contributed by atoms with E-state index in [9.17, 15) is 0 Å². The SMILES string of the molecule is C1=C(C2=CCCCCCCCCCCCC2)CCCCCC/C=C/1. The second-order valence-corrected chi connectivity index (χ2v) is 7.88. The van der Waals surface area contributed by atoms with Crippen LogP contribution in [0.3, 0.4) is 0 Å². The molecule has 0 bridgehead atoms. The van der Waals surface area contributed by atoms with Crippen LogP contribution in [0.15, 0.2) is 35.5 Å². The topological polar surface area (TPSA) is 0 Å². The zero-order valence-electron chi connectivity index (χ0n) is 16.0. The maximum atomic E-state index is 2.61. The predicted molar refractivity (Wildman–Crippen MR) is 108 cm³/mol. The molecule has 0 aromatic heterocycles. The minimum Gasteiger partial charge on any atom is -0.0845 e. The highest BCUT2D eigenvalue weighted by Gasteiger charge is 2.06. The molecule has 0 atom stereocenters. The summed E-state index contributed by atoms with van der Waals surface area (Å²) >= 11 is 0. The smallest absolute Gasteiger partial charge is 0.0276 e. The van der Waals surface area contributed by atoms with Crippen LogP contribution in [0.4, 0.5) is 0 Å². The second kappa shape index (κ2) is 13.5. The van der Waals surface area contributed by atoms with Gasteiger partial charge < -0.3 is 0 Å². The third-order valence-electron chi connectivity index (χ3n) is 5.70. The molecule has 0 heterocycles. The number of rotatable bonds is 1. The lowest BCUT2D eigenvalue weighted by Crippen LogP contribution is -1.95. The maximum absolute atomic E-state index is 2.61. The first-order valence-electron chi connectivity index (χ1n) is 11.0. The van der Waals surface area contributed by atoms with Gasteiger partial charge >= 0.3 is 0 Å². The van der Waals surface area contributed by atoms with Crippen molar-refractivity contribution in [3.05, 3.63) is 35.5 Å². The monoisotopic (exact) mass is 328 g/mol. The summed E-state index contributed by atoms with van der Waals surface area (Å²) in [7, 11) is 0. The third kappa shape index (κ3) is 8.90. The van der Waals surface area contributed by atoms with Crippen LogP contribution in [0.25, 0.3) is 0 Å². The van der Waals surface area contributed by atoms with Gasteiger partial charge in [-0.3, -0.25) is 0 Å². The minimum atomic E-state index is 1.27. The standard InChI is InChI=1S/C24H40/c1-2-4-7-11-15-19-23(20-16-12-8-5-3-1)24-21-17-13-9-6-10-14-18-22-24/h13,17,19,21H,1-12,14-16,18,20,22H2/b17-13+,23-19?,24-21?. The minimum absolute atomic E-state index is 1.27. The van der Waals surface area contributed by atoms with Crippen LogP contribution in [0.2, 0.25) is 0 Å². The first-order valence-corrected chi connectivity index (χ1v) is 11.0. The van der Waals surface area contributed by atoms with Gasteiger partial charge in [-0.05, 0) is 62.5 Å². The van der Waals surface area contributed by atoms with E-state index in [-0.39, 0.29) is 0 Å². The van der Waals surface area contributed by atoms with E-state index >= 15 is 0 Å². The molecule has 136 valence electrons. The lowest BCUT2D eigenvalue weighted by Gasteiger charge is -2.14. The molecule has 0 amide bonds. The Hall–Kier alpha value is -0.780. The Balaban J connectivity index is 1.97. The molecule has 0 aromatic carbocycles. The van der Waals surface area contributed by atoms with Crippen LogP contribution < -0.4 is 0 Å². The van der Waals surface area contributed by atoms with Gasteiger partial charge in [0.25, 0.3) is 0 Å². The highest BCUT2D eigenvalue weighted by molar-refractivity contribution is 5.34. The van der Waals surface area contributed by atoms with Gasteiger partial charge in [0.1, 0.15) is 0 Å². The van der Waals surface area contributed by atoms with Gasteiger partial charge in [-0.15, -0.1) is 0 Å². The first kappa shape index (κ1) is 19.5. The Morgan fingerprint density at radius 3 is 1.62 bits per heavy atom. The van der Waals surface area contributed by atoms with E-state index in [0.717, 1.165) is 0 Å². The van der Waals surface area contributed by atoms with Gasteiger partial charge in [0.2, 0.25) is 0 Å². The molecule has 2 aliphatic rings. The van der Waals surface area contributed by atoms with Crippen molar-refractivity contribution in [3.8, 4) is 0 Å². The van der Waals surface area contributed by atoms with Gasteiger partial charge in [0.05, 0.1) is 0 Å². The van der Waals surface area contributed by atoms with Crippen LogP contribution in [0.5, 0.6) is 0 Å². The molecular weight excluding hydrogens is 288 g/mol. The summed E-state index contributed by atoms with van der Waals surface area (Å²) in [6, 6.07) is 0. The summed E-state index contributed by atoms with van der Waals surface area (Å²) in [6.07, 6.45) is 35.0. The molecule has 2 rings (SSSR count). The van der Waals surface area contributed by atoms with E-state index in [1.807, 2.05) is 0 Å². The van der Waals surface area contributed by atoms with E-state index < -0.39 is 0 Å². The fraction of sp³-hybridized carbons (Fsp3) is 0.750. The highest BCUT2D eigenvalue weighted by Crippen LogP contribution is 2.26. The molecule has 0 saturated carbocycles. The zero-order valence-corrected chi connectivity index (χ0v) is 16.0. The van der Waals surface area contributed by atoms with E-state index in [2.05, 4.69) is 24.3 Å². The predicted octanol–water partition coefficient (Wildman–Crippen LogP) is 8.44. The Morgan fingerprint density at radius 2 is 0.958 bits per heavy atom. The average molecular weight is 329 g/mol. The van der Waals surface area contributed by atoms with Crippen LogP contribution >= 0.6 is 0 Å². The lowest BCUT2D eigenvalue weighted by atomic mass is 9.92. The second-order valence-electron chi connectivity index (χ2n) is 7.88. The Morgan fingerprint density at radius 1 is 0.458 bits per heavy atom. The molecule has 0 unspecified atom stereocenters. The number of hydrogen-bond donors (Lipinski definition) is 0. The van der Waals surface area contributed by atoms with Gasteiger partial charge in [0, 0.05) is 0 Å². The van der Waals surface area contributed by atoms with Gasteiger partial charge in [-0.2, -0.15) is 0 Å². The van der Waals surface area contributed by atoms with Gasteiger partial charge in [0.15, 0.2) is 0 Å². The molecule has 24 heavy (non-hydrogen) atoms. The average Bonchev–Trinajstić information content (AvgIpc) is 2.61. The van der Waals surface area contributed by atoms with Crippen LogP contribution in [0, 0.1) is 0 Å². The first-order chi connectivity index (χ1) is 12.0. The van der Waals surface area contributed by atoms with Crippen molar-refractivity contribution >= 4 is 0 Å². The zero-order chi connectivity index (χ0) is 16.7. The van der Waals surface area contributed by atoms with Crippen LogP contribution in [0.1, 0.15) is 116 Å². The summed E-state index contributed by atoms with van der Waals surface area (Å²) in [6.45, 7) is 0. The summed E-state index contributed by atoms with van der Waals surface area (Å²) in [5, 5.41) is 0. The van der Waals surface area contributed by atoms with Crippen molar-refractivity contribution in [3.63, 3.8) is 0 Å². The fourth-order valence-corrected chi connectivity index (χ4v) is 4.11. The number of hydrogen-bond acceptors (Lipinski definition) is 0. The van der Waals surface area contributed by atoms with Crippen LogP contribution in [-0.2, 0) is 0 Å². The Kier molecular flexibility index (Phi) is 11.0.